The number of likely N-dealkylation sites (tertiary alicyclic amines) is 1. The summed E-state index contributed by atoms with van der Waals surface area (Å²) < 4.78 is 16.5. The van der Waals surface area contributed by atoms with Crippen LogP contribution < -0.4 is 14.2 Å². The Bertz CT molecular complexity index is 728. The summed E-state index contributed by atoms with van der Waals surface area (Å²) in [6.45, 7) is 4.01. The molecule has 0 spiro atoms. The molecule has 1 aromatic carbocycles. The van der Waals surface area contributed by atoms with Crippen molar-refractivity contribution >= 4 is 0 Å². The third-order valence-electron chi connectivity index (χ3n) is 5.12. The monoisotopic (exact) mass is 355 g/mol. The van der Waals surface area contributed by atoms with E-state index in [9.17, 15) is 0 Å². The number of hydrogen-bond acceptors (Lipinski definition) is 6. The van der Waals surface area contributed by atoms with Crippen LogP contribution in [0.5, 0.6) is 17.5 Å². The van der Waals surface area contributed by atoms with E-state index in [2.05, 4.69) is 33.1 Å². The van der Waals surface area contributed by atoms with Gasteiger partial charge >= 0.3 is 6.01 Å². The Kier molecular flexibility index (Phi) is 5.20. The van der Waals surface area contributed by atoms with Crippen molar-refractivity contribution in [3.63, 3.8) is 0 Å². The van der Waals surface area contributed by atoms with Gasteiger partial charge in [-0.3, -0.25) is 0 Å². The lowest BCUT2D eigenvalue weighted by atomic mass is 10.0. The van der Waals surface area contributed by atoms with Gasteiger partial charge in [-0.15, -0.1) is 0 Å². The molecule has 6 heteroatoms. The van der Waals surface area contributed by atoms with Crippen LogP contribution in [0.1, 0.15) is 24.0 Å². The second-order valence-electron chi connectivity index (χ2n) is 6.85. The summed E-state index contributed by atoms with van der Waals surface area (Å²) in [6, 6.07) is 7.05. The minimum atomic E-state index is 0.191. The van der Waals surface area contributed by atoms with E-state index < -0.39 is 0 Å². The third kappa shape index (κ3) is 4.07. The Labute approximate surface area is 154 Å². The van der Waals surface area contributed by atoms with E-state index in [-0.39, 0.29) is 6.10 Å². The molecule has 26 heavy (non-hydrogen) atoms. The molecule has 3 heterocycles. The minimum absolute atomic E-state index is 0.191. The second kappa shape index (κ2) is 7.91. The van der Waals surface area contributed by atoms with Crippen LogP contribution in [-0.4, -0.2) is 54.3 Å². The molecule has 0 unspecified atom stereocenters. The first-order valence-electron chi connectivity index (χ1n) is 9.30. The molecule has 0 amide bonds. The fraction of sp³-hybridized carbons (Fsp3) is 0.500. The average molecular weight is 355 g/mol. The van der Waals surface area contributed by atoms with Crippen LogP contribution in [0, 0.1) is 0 Å². The molecule has 138 valence electrons. The van der Waals surface area contributed by atoms with Crippen LogP contribution in [0.4, 0.5) is 0 Å². The number of ether oxygens (including phenoxy) is 3. The van der Waals surface area contributed by atoms with Crippen LogP contribution in [0.15, 0.2) is 30.6 Å². The van der Waals surface area contributed by atoms with E-state index >= 15 is 0 Å². The lowest BCUT2D eigenvalue weighted by molar-refractivity contribution is 0.0931. The second-order valence-corrected chi connectivity index (χ2v) is 6.85. The number of piperidine rings is 1. The molecule has 2 aliphatic rings. The van der Waals surface area contributed by atoms with Gasteiger partial charge in [0.1, 0.15) is 11.9 Å². The lowest BCUT2D eigenvalue weighted by Gasteiger charge is -2.31. The number of fused-ring (bicyclic) bond motifs is 1. The predicted octanol–water partition coefficient (Wildman–Crippen LogP) is 2.51. The SMILES string of the molecule is COc1cnc(OC2CCN(CCc3ccc4c(c3)CCO4)CC2)nc1. The number of hydrogen-bond donors (Lipinski definition) is 0. The molecule has 0 N–H and O–H groups in total. The smallest absolute Gasteiger partial charge is 0.316 e. The highest BCUT2D eigenvalue weighted by Crippen LogP contribution is 2.26. The molecule has 2 aliphatic heterocycles. The van der Waals surface area contributed by atoms with Crippen molar-refractivity contribution in [1.82, 2.24) is 14.9 Å². The maximum atomic E-state index is 5.90. The van der Waals surface area contributed by atoms with Crippen LogP contribution >= 0.6 is 0 Å². The zero-order valence-corrected chi connectivity index (χ0v) is 15.2. The van der Waals surface area contributed by atoms with E-state index in [1.165, 1.54) is 11.1 Å². The summed E-state index contributed by atoms with van der Waals surface area (Å²) in [7, 11) is 1.60. The molecule has 0 saturated carbocycles. The van der Waals surface area contributed by atoms with E-state index in [4.69, 9.17) is 14.2 Å². The van der Waals surface area contributed by atoms with E-state index in [0.717, 1.165) is 57.7 Å². The Morgan fingerprint density at radius 2 is 2.00 bits per heavy atom. The highest BCUT2D eigenvalue weighted by Gasteiger charge is 2.21. The Morgan fingerprint density at radius 1 is 1.19 bits per heavy atom. The van der Waals surface area contributed by atoms with Gasteiger partial charge in [-0.2, -0.15) is 9.97 Å². The summed E-state index contributed by atoms with van der Waals surface area (Å²) in [5.41, 5.74) is 2.76. The highest BCUT2D eigenvalue weighted by molar-refractivity contribution is 5.39. The first-order chi connectivity index (χ1) is 12.8. The summed E-state index contributed by atoms with van der Waals surface area (Å²) in [5.74, 6) is 1.71. The molecule has 0 bridgehead atoms. The number of rotatable bonds is 6. The predicted molar refractivity (Wildman–Crippen MR) is 98.0 cm³/mol. The highest BCUT2D eigenvalue weighted by atomic mass is 16.5. The van der Waals surface area contributed by atoms with E-state index in [1.807, 2.05) is 0 Å². The van der Waals surface area contributed by atoms with Gasteiger partial charge in [0.15, 0.2) is 5.75 Å². The zero-order chi connectivity index (χ0) is 17.8. The van der Waals surface area contributed by atoms with Crippen LogP contribution in [-0.2, 0) is 12.8 Å². The zero-order valence-electron chi connectivity index (χ0n) is 15.2. The average Bonchev–Trinajstić information content (AvgIpc) is 3.16. The van der Waals surface area contributed by atoms with Gasteiger partial charge < -0.3 is 19.1 Å². The van der Waals surface area contributed by atoms with E-state index in [1.54, 1.807) is 19.5 Å². The number of benzene rings is 1. The molecule has 0 radical (unpaired) electrons. The Balaban J connectivity index is 1.22. The van der Waals surface area contributed by atoms with Gasteiger partial charge in [0.25, 0.3) is 0 Å². The summed E-state index contributed by atoms with van der Waals surface area (Å²) >= 11 is 0. The maximum absolute atomic E-state index is 5.90. The Hall–Kier alpha value is -2.34. The van der Waals surface area contributed by atoms with Crippen molar-refractivity contribution in [2.24, 2.45) is 0 Å². The molecular formula is C20H25N3O3. The molecule has 6 nitrogen and oxygen atoms in total. The maximum Gasteiger partial charge on any atom is 0.316 e. The van der Waals surface area contributed by atoms with Crippen molar-refractivity contribution in [3.05, 3.63) is 41.7 Å². The topological polar surface area (TPSA) is 56.7 Å². The van der Waals surface area contributed by atoms with Crippen molar-refractivity contribution < 1.29 is 14.2 Å². The largest absolute Gasteiger partial charge is 0.494 e. The summed E-state index contributed by atoms with van der Waals surface area (Å²) in [4.78, 5) is 10.9. The van der Waals surface area contributed by atoms with Crippen molar-refractivity contribution in [2.75, 3.05) is 33.4 Å². The van der Waals surface area contributed by atoms with E-state index in [0.29, 0.717) is 11.8 Å². The lowest BCUT2D eigenvalue weighted by Crippen LogP contribution is -2.39. The number of methoxy groups -OCH3 is 1. The van der Waals surface area contributed by atoms with Gasteiger partial charge in [0.05, 0.1) is 26.1 Å². The molecular weight excluding hydrogens is 330 g/mol. The molecule has 2 aromatic rings. The summed E-state index contributed by atoms with van der Waals surface area (Å²) in [6.07, 6.45) is 7.61. The van der Waals surface area contributed by atoms with Gasteiger partial charge in [0.2, 0.25) is 0 Å². The molecule has 1 fully saturated rings. The molecule has 1 aromatic heterocycles. The standard InChI is InChI=1S/C20H25N3O3/c1-24-18-13-21-20(22-14-18)26-17-5-9-23(10-6-17)8-4-15-2-3-19-16(12-15)7-11-25-19/h2-3,12-14,17H,4-11H2,1H3. The van der Waals surface area contributed by atoms with Crippen LogP contribution in [0.3, 0.4) is 0 Å². The van der Waals surface area contributed by atoms with Gasteiger partial charge in [-0.25, -0.2) is 0 Å². The number of aromatic nitrogens is 2. The fourth-order valence-corrected chi connectivity index (χ4v) is 3.55. The van der Waals surface area contributed by atoms with Crippen molar-refractivity contribution in [3.8, 4) is 17.5 Å². The van der Waals surface area contributed by atoms with Crippen LogP contribution in [0.25, 0.3) is 0 Å². The summed E-state index contributed by atoms with van der Waals surface area (Å²) in [5, 5.41) is 0. The van der Waals surface area contributed by atoms with Gasteiger partial charge in [0, 0.05) is 26.1 Å². The molecule has 0 aliphatic carbocycles. The quantitative estimate of drug-likeness (QED) is 0.794. The van der Waals surface area contributed by atoms with Crippen molar-refractivity contribution in [2.45, 2.75) is 31.8 Å². The normalized spacial score (nSPS) is 17.6. The van der Waals surface area contributed by atoms with Gasteiger partial charge in [-0.1, -0.05) is 12.1 Å². The minimum Gasteiger partial charge on any atom is -0.494 e. The molecule has 1 saturated heterocycles. The van der Waals surface area contributed by atoms with Gasteiger partial charge in [-0.05, 0) is 36.5 Å². The fourth-order valence-electron chi connectivity index (χ4n) is 3.55. The number of nitrogens with zero attached hydrogens (tertiary/aromatic N) is 3. The van der Waals surface area contributed by atoms with Crippen molar-refractivity contribution in [1.29, 1.82) is 0 Å². The Morgan fingerprint density at radius 3 is 2.77 bits per heavy atom. The molecule has 0 atom stereocenters. The molecule has 4 rings (SSSR count). The first-order valence-corrected chi connectivity index (χ1v) is 9.30. The third-order valence-corrected chi connectivity index (χ3v) is 5.12. The van der Waals surface area contributed by atoms with Crippen LogP contribution in [0.2, 0.25) is 0 Å². The first kappa shape index (κ1) is 17.1.